The highest BCUT2D eigenvalue weighted by molar-refractivity contribution is 4.89. The molecule has 2 saturated heterocycles. The molecule has 0 amide bonds. The van der Waals surface area contributed by atoms with Crippen molar-refractivity contribution in [2.75, 3.05) is 26.7 Å². The van der Waals surface area contributed by atoms with Gasteiger partial charge in [0.2, 0.25) is 0 Å². The Kier molecular flexibility index (Phi) is 1.66. The summed E-state index contributed by atoms with van der Waals surface area (Å²) < 4.78 is 0. The van der Waals surface area contributed by atoms with Crippen LogP contribution in [0.25, 0.3) is 0 Å². The minimum atomic E-state index is 0.904. The van der Waals surface area contributed by atoms with E-state index in [0.717, 1.165) is 12.0 Å². The van der Waals surface area contributed by atoms with Crippen molar-refractivity contribution in [1.82, 2.24) is 10.2 Å². The standard InChI is InChI=1S/C8H16N2/c1-10-5-3-7-6-9-4-2-8(7)10/h7-9H,2-6H2,1H3/t7-,8+/m1/s1. The number of hydrogen-bond acceptors (Lipinski definition) is 2. The Balaban J connectivity index is 2.01. The summed E-state index contributed by atoms with van der Waals surface area (Å²) in [5.41, 5.74) is 0. The van der Waals surface area contributed by atoms with Crippen molar-refractivity contribution in [2.24, 2.45) is 5.92 Å². The summed E-state index contributed by atoms with van der Waals surface area (Å²) >= 11 is 0. The molecule has 2 rings (SSSR count). The summed E-state index contributed by atoms with van der Waals surface area (Å²) in [5.74, 6) is 0.957. The fourth-order valence-corrected chi connectivity index (χ4v) is 2.32. The Morgan fingerprint density at radius 2 is 2.30 bits per heavy atom. The van der Waals surface area contributed by atoms with Gasteiger partial charge in [-0.3, -0.25) is 0 Å². The van der Waals surface area contributed by atoms with Gasteiger partial charge in [0.25, 0.3) is 0 Å². The highest BCUT2D eigenvalue weighted by atomic mass is 15.2. The fourth-order valence-electron chi connectivity index (χ4n) is 2.32. The van der Waals surface area contributed by atoms with Gasteiger partial charge in [0.05, 0.1) is 0 Å². The molecule has 0 aliphatic carbocycles. The maximum absolute atomic E-state index is 3.45. The first kappa shape index (κ1) is 6.62. The van der Waals surface area contributed by atoms with Crippen molar-refractivity contribution in [3.05, 3.63) is 0 Å². The normalized spacial score (nSPS) is 41.7. The van der Waals surface area contributed by atoms with Crippen molar-refractivity contribution in [3.8, 4) is 0 Å². The topological polar surface area (TPSA) is 15.3 Å². The van der Waals surface area contributed by atoms with Crippen LogP contribution in [0.4, 0.5) is 0 Å². The number of likely N-dealkylation sites (tertiary alicyclic amines) is 1. The van der Waals surface area contributed by atoms with Gasteiger partial charge >= 0.3 is 0 Å². The average Bonchev–Trinajstić information content (AvgIpc) is 2.34. The van der Waals surface area contributed by atoms with E-state index in [2.05, 4.69) is 17.3 Å². The number of nitrogens with one attached hydrogen (secondary N) is 1. The molecular weight excluding hydrogens is 124 g/mol. The first-order valence-corrected chi connectivity index (χ1v) is 4.29. The highest BCUT2D eigenvalue weighted by Crippen LogP contribution is 2.26. The lowest BCUT2D eigenvalue weighted by molar-refractivity contribution is 0.225. The Bertz CT molecular complexity index is 122. The Labute approximate surface area is 62.6 Å². The third-order valence-corrected chi connectivity index (χ3v) is 2.99. The van der Waals surface area contributed by atoms with Gasteiger partial charge < -0.3 is 10.2 Å². The molecule has 0 aromatic rings. The molecule has 2 nitrogen and oxygen atoms in total. The molecule has 2 aliphatic rings. The molecule has 58 valence electrons. The maximum atomic E-state index is 3.45. The van der Waals surface area contributed by atoms with Crippen LogP contribution >= 0.6 is 0 Å². The molecule has 0 spiro atoms. The second-order valence-corrected chi connectivity index (χ2v) is 3.59. The number of hydrogen-bond donors (Lipinski definition) is 1. The molecule has 0 aromatic carbocycles. The van der Waals surface area contributed by atoms with Gasteiger partial charge in [-0.2, -0.15) is 0 Å². The molecule has 0 unspecified atom stereocenters. The average molecular weight is 140 g/mol. The van der Waals surface area contributed by atoms with Crippen LogP contribution < -0.4 is 5.32 Å². The van der Waals surface area contributed by atoms with Crippen molar-refractivity contribution in [1.29, 1.82) is 0 Å². The molecule has 2 heteroatoms. The van der Waals surface area contributed by atoms with E-state index in [4.69, 9.17) is 0 Å². The third kappa shape index (κ3) is 0.956. The zero-order valence-electron chi connectivity index (χ0n) is 6.64. The lowest BCUT2D eigenvalue weighted by Crippen LogP contribution is -2.42. The summed E-state index contributed by atoms with van der Waals surface area (Å²) in [6.45, 7) is 3.80. The quantitative estimate of drug-likeness (QED) is 0.520. The van der Waals surface area contributed by atoms with Gasteiger partial charge in [0.1, 0.15) is 0 Å². The van der Waals surface area contributed by atoms with Gasteiger partial charge in [-0.15, -0.1) is 0 Å². The number of nitrogens with zero attached hydrogens (tertiary/aromatic N) is 1. The first-order chi connectivity index (χ1) is 4.88. The predicted molar refractivity (Wildman–Crippen MR) is 42.0 cm³/mol. The monoisotopic (exact) mass is 140 g/mol. The minimum Gasteiger partial charge on any atom is -0.316 e. The van der Waals surface area contributed by atoms with Crippen LogP contribution in [0.2, 0.25) is 0 Å². The van der Waals surface area contributed by atoms with Gasteiger partial charge in [-0.05, 0) is 45.4 Å². The van der Waals surface area contributed by atoms with E-state index in [9.17, 15) is 0 Å². The molecule has 0 saturated carbocycles. The van der Waals surface area contributed by atoms with Gasteiger partial charge in [-0.25, -0.2) is 0 Å². The summed E-state index contributed by atoms with van der Waals surface area (Å²) in [6.07, 6.45) is 2.77. The fraction of sp³-hybridized carbons (Fsp3) is 1.00. The van der Waals surface area contributed by atoms with Crippen molar-refractivity contribution < 1.29 is 0 Å². The molecule has 2 aliphatic heterocycles. The summed E-state index contributed by atoms with van der Waals surface area (Å²) in [4.78, 5) is 2.52. The molecule has 0 radical (unpaired) electrons. The van der Waals surface area contributed by atoms with Crippen LogP contribution in [0.1, 0.15) is 12.8 Å². The van der Waals surface area contributed by atoms with Crippen LogP contribution in [-0.4, -0.2) is 37.6 Å². The minimum absolute atomic E-state index is 0.904. The van der Waals surface area contributed by atoms with Gasteiger partial charge in [0, 0.05) is 6.04 Å². The second kappa shape index (κ2) is 2.51. The lowest BCUT2D eigenvalue weighted by Gasteiger charge is -2.29. The van der Waals surface area contributed by atoms with Crippen LogP contribution in [0.5, 0.6) is 0 Å². The zero-order valence-corrected chi connectivity index (χ0v) is 6.64. The Morgan fingerprint density at radius 3 is 3.10 bits per heavy atom. The van der Waals surface area contributed by atoms with Crippen LogP contribution in [0.15, 0.2) is 0 Å². The smallest absolute Gasteiger partial charge is 0.0145 e. The first-order valence-electron chi connectivity index (χ1n) is 4.29. The lowest BCUT2D eigenvalue weighted by atomic mass is 9.94. The van der Waals surface area contributed by atoms with E-state index in [0.29, 0.717) is 0 Å². The number of piperidine rings is 1. The molecule has 2 fully saturated rings. The third-order valence-electron chi connectivity index (χ3n) is 2.99. The van der Waals surface area contributed by atoms with E-state index in [1.165, 1.54) is 32.5 Å². The van der Waals surface area contributed by atoms with Crippen molar-refractivity contribution in [3.63, 3.8) is 0 Å². The van der Waals surface area contributed by atoms with E-state index in [1.54, 1.807) is 0 Å². The Morgan fingerprint density at radius 1 is 1.40 bits per heavy atom. The largest absolute Gasteiger partial charge is 0.316 e. The molecular formula is C8H16N2. The van der Waals surface area contributed by atoms with E-state index in [-0.39, 0.29) is 0 Å². The van der Waals surface area contributed by atoms with Gasteiger partial charge in [0.15, 0.2) is 0 Å². The van der Waals surface area contributed by atoms with Crippen LogP contribution in [0.3, 0.4) is 0 Å². The van der Waals surface area contributed by atoms with E-state index in [1.807, 2.05) is 0 Å². The van der Waals surface area contributed by atoms with Crippen LogP contribution in [0, 0.1) is 5.92 Å². The summed E-state index contributed by atoms with van der Waals surface area (Å²) in [7, 11) is 2.26. The molecule has 0 aromatic heterocycles. The van der Waals surface area contributed by atoms with Crippen molar-refractivity contribution in [2.45, 2.75) is 18.9 Å². The molecule has 2 heterocycles. The number of rotatable bonds is 0. The van der Waals surface area contributed by atoms with Crippen LogP contribution in [-0.2, 0) is 0 Å². The maximum Gasteiger partial charge on any atom is 0.0145 e. The van der Waals surface area contributed by atoms with Gasteiger partial charge in [-0.1, -0.05) is 0 Å². The molecule has 2 atom stereocenters. The summed E-state index contributed by atoms with van der Waals surface area (Å²) in [6, 6.07) is 0.904. The predicted octanol–water partition coefficient (Wildman–Crippen LogP) is 0.300. The van der Waals surface area contributed by atoms with E-state index >= 15 is 0 Å². The van der Waals surface area contributed by atoms with Crippen molar-refractivity contribution >= 4 is 0 Å². The second-order valence-electron chi connectivity index (χ2n) is 3.59. The number of fused-ring (bicyclic) bond motifs is 1. The SMILES string of the molecule is CN1CC[C@@H]2CNCC[C@@H]21. The molecule has 10 heavy (non-hydrogen) atoms. The highest BCUT2D eigenvalue weighted by Gasteiger charge is 2.32. The summed E-state index contributed by atoms with van der Waals surface area (Å²) in [5, 5.41) is 3.45. The molecule has 1 N–H and O–H groups in total. The Hall–Kier alpha value is -0.0800. The van der Waals surface area contributed by atoms with E-state index < -0.39 is 0 Å². The molecule has 0 bridgehead atoms. The zero-order chi connectivity index (χ0) is 6.97.